The Morgan fingerprint density at radius 1 is 1.04 bits per heavy atom. The van der Waals surface area contributed by atoms with E-state index in [1.165, 1.54) is 0 Å². The Morgan fingerprint density at radius 3 is 2.89 bits per heavy atom. The van der Waals surface area contributed by atoms with Crippen LogP contribution >= 0.6 is 0 Å². The van der Waals surface area contributed by atoms with Crippen molar-refractivity contribution in [1.82, 2.24) is 20.5 Å². The number of aromatic amines is 2. The monoisotopic (exact) mass is 375 g/mol. The van der Waals surface area contributed by atoms with Crippen LogP contribution in [0.15, 0.2) is 36.7 Å². The standard InChI is InChI=1S/C20H17N5O3/c26-18-12-4-6-21-17(12)9-14-13-8-11(2-3-16(13)24-19(14)27)15-10-23-25-20(15)28-7-1-5-22-18/h2-4,6,8-10,21H,1,5,7H2,(H,22,26)(H,23,25)(H,24,27)/b14-9-. The molecule has 2 aliphatic rings. The fraction of sp³-hybridized carbons (Fsp3) is 0.150. The molecule has 28 heavy (non-hydrogen) atoms. The lowest BCUT2D eigenvalue weighted by molar-refractivity contribution is -0.110. The highest BCUT2D eigenvalue weighted by Crippen LogP contribution is 2.38. The molecule has 4 N–H and O–H groups in total. The van der Waals surface area contributed by atoms with Crippen molar-refractivity contribution < 1.29 is 14.3 Å². The second-order valence-corrected chi connectivity index (χ2v) is 6.65. The Hall–Kier alpha value is -3.81. The number of H-pyrrole nitrogens is 2. The van der Waals surface area contributed by atoms with Crippen LogP contribution in [0.5, 0.6) is 5.88 Å². The number of amides is 2. The van der Waals surface area contributed by atoms with E-state index in [0.29, 0.717) is 42.3 Å². The molecule has 140 valence electrons. The van der Waals surface area contributed by atoms with Gasteiger partial charge in [0.2, 0.25) is 5.88 Å². The Balaban J connectivity index is 1.68. The van der Waals surface area contributed by atoms with E-state index in [1.807, 2.05) is 18.2 Å². The summed E-state index contributed by atoms with van der Waals surface area (Å²) in [4.78, 5) is 28.1. The first-order chi connectivity index (χ1) is 13.7. The van der Waals surface area contributed by atoms with Gasteiger partial charge in [0.1, 0.15) is 0 Å². The quantitative estimate of drug-likeness (QED) is 0.483. The van der Waals surface area contributed by atoms with Crippen molar-refractivity contribution in [3.63, 3.8) is 0 Å². The van der Waals surface area contributed by atoms with E-state index in [-0.39, 0.29) is 11.8 Å². The van der Waals surface area contributed by atoms with E-state index >= 15 is 0 Å². The van der Waals surface area contributed by atoms with Gasteiger partial charge in [-0.3, -0.25) is 9.59 Å². The van der Waals surface area contributed by atoms with Gasteiger partial charge in [0.25, 0.3) is 11.8 Å². The largest absolute Gasteiger partial charge is 0.477 e. The minimum Gasteiger partial charge on any atom is -0.477 e. The minimum atomic E-state index is -0.207. The number of ether oxygens (including phenoxy) is 1. The summed E-state index contributed by atoms with van der Waals surface area (Å²) in [6.07, 6.45) is 5.76. The minimum absolute atomic E-state index is 0.197. The van der Waals surface area contributed by atoms with Crippen molar-refractivity contribution in [1.29, 1.82) is 0 Å². The molecule has 0 unspecified atom stereocenters. The summed E-state index contributed by atoms with van der Waals surface area (Å²) < 4.78 is 5.81. The molecule has 4 heterocycles. The second-order valence-electron chi connectivity index (χ2n) is 6.65. The van der Waals surface area contributed by atoms with Crippen LogP contribution in [0.25, 0.3) is 22.8 Å². The number of aromatic nitrogens is 3. The van der Waals surface area contributed by atoms with Gasteiger partial charge in [-0.05, 0) is 36.3 Å². The number of rotatable bonds is 0. The average molecular weight is 375 g/mol. The molecule has 8 nitrogen and oxygen atoms in total. The van der Waals surface area contributed by atoms with Gasteiger partial charge in [0.15, 0.2) is 0 Å². The van der Waals surface area contributed by atoms with Crippen LogP contribution in [0, 0.1) is 0 Å². The van der Waals surface area contributed by atoms with E-state index in [0.717, 1.165) is 22.4 Å². The maximum Gasteiger partial charge on any atom is 0.256 e. The van der Waals surface area contributed by atoms with Gasteiger partial charge in [-0.25, -0.2) is 5.10 Å². The number of nitrogens with zero attached hydrogens (tertiary/aromatic N) is 1. The first-order valence-corrected chi connectivity index (χ1v) is 9.00. The number of fused-ring (bicyclic) bond motifs is 4. The highest BCUT2D eigenvalue weighted by molar-refractivity contribution is 6.35. The summed E-state index contributed by atoms with van der Waals surface area (Å²) in [6.45, 7) is 0.909. The second kappa shape index (κ2) is 6.41. The zero-order chi connectivity index (χ0) is 19.1. The first kappa shape index (κ1) is 16.4. The zero-order valence-electron chi connectivity index (χ0n) is 14.8. The maximum absolute atomic E-state index is 12.6. The summed E-state index contributed by atoms with van der Waals surface area (Å²) in [5, 5.41) is 12.7. The zero-order valence-corrected chi connectivity index (χ0v) is 14.8. The number of hydrogen-bond donors (Lipinski definition) is 4. The summed E-state index contributed by atoms with van der Waals surface area (Å²) in [5.74, 6) is 0.160. The van der Waals surface area contributed by atoms with Crippen molar-refractivity contribution in [2.45, 2.75) is 6.42 Å². The Labute approximate surface area is 160 Å². The van der Waals surface area contributed by atoms with Crippen molar-refractivity contribution in [3.8, 4) is 17.0 Å². The number of benzene rings is 1. The maximum atomic E-state index is 12.6. The molecular weight excluding hydrogens is 358 g/mol. The Morgan fingerprint density at radius 2 is 1.96 bits per heavy atom. The molecule has 3 aromatic rings. The number of nitrogens with one attached hydrogen (secondary N) is 4. The molecule has 0 atom stereocenters. The third kappa shape index (κ3) is 2.66. The summed E-state index contributed by atoms with van der Waals surface area (Å²) in [7, 11) is 0. The molecule has 2 aromatic heterocycles. The van der Waals surface area contributed by atoms with Crippen molar-refractivity contribution in [2.24, 2.45) is 0 Å². The summed E-state index contributed by atoms with van der Waals surface area (Å²) >= 11 is 0. The number of anilines is 1. The molecule has 1 aromatic carbocycles. The molecule has 0 spiro atoms. The smallest absolute Gasteiger partial charge is 0.256 e. The normalized spacial score (nSPS) is 17.8. The van der Waals surface area contributed by atoms with Crippen LogP contribution in [-0.2, 0) is 4.79 Å². The highest BCUT2D eigenvalue weighted by Gasteiger charge is 2.26. The molecular formula is C20H17N5O3. The summed E-state index contributed by atoms with van der Waals surface area (Å²) in [6, 6.07) is 7.42. The van der Waals surface area contributed by atoms with E-state index in [9.17, 15) is 9.59 Å². The van der Waals surface area contributed by atoms with E-state index in [2.05, 4.69) is 25.8 Å². The topological polar surface area (TPSA) is 112 Å². The molecule has 2 amide bonds. The fourth-order valence-electron chi connectivity index (χ4n) is 3.48. The van der Waals surface area contributed by atoms with Gasteiger partial charge in [0.05, 0.1) is 35.2 Å². The SMILES string of the molecule is O=C1Nc2ccc3cc2/C1=C/c1[nH]ccc1C(=O)NCCCOc1[nH]ncc1-3. The molecule has 2 bridgehead atoms. The fourth-order valence-corrected chi connectivity index (χ4v) is 3.48. The van der Waals surface area contributed by atoms with Gasteiger partial charge >= 0.3 is 0 Å². The van der Waals surface area contributed by atoms with Crippen molar-refractivity contribution in [3.05, 3.63) is 53.5 Å². The third-order valence-corrected chi connectivity index (χ3v) is 4.88. The third-order valence-electron chi connectivity index (χ3n) is 4.88. The van der Waals surface area contributed by atoms with Crippen LogP contribution in [0.4, 0.5) is 5.69 Å². The van der Waals surface area contributed by atoms with Crippen molar-refractivity contribution >= 4 is 29.2 Å². The van der Waals surface area contributed by atoms with Crippen LogP contribution in [-0.4, -0.2) is 40.1 Å². The molecule has 2 aliphatic heterocycles. The van der Waals surface area contributed by atoms with Gasteiger partial charge in [-0.15, -0.1) is 0 Å². The number of hydrogen-bond acceptors (Lipinski definition) is 4. The number of carbonyl (C=O) groups is 2. The molecule has 8 heteroatoms. The molecule has 0 saturated heterocycles. The molecule has 0 radical (unpaired) electrons. The van der Waals surface area contributed by atoms with Gasteiger partial charge in [0, 0.05) is 24.0 Å². The van der Waals surface area contributed by atoms with Crippen LogP contribution in [0.2, 0.25) is 0 Å². The van der Waals surface area contributed by atoms with Crippen LogP contribution < -0.4 is 15.4 Å². The van der Waals surface area contributed by atoms with Gasteiger partial charge in [-0.1, -0.05) is 6.07 Å². The first-order valence-electron chi connectivity index (χ1n) is 9.00. The van der Waals surface area contributed by atoms with E-state index < -0.39 is 0 Å². The average Bonchev–Trinajstić information content (AvgIpc) is 3.40. The molecule has 0 fully saturated rings. The molecule has 0 saturated carbocycles. The lowest BCUT2D eigenvalue weighted by Gasteiger charge is -2.08. The van der Waals surface area contributed by atoms with Gasteiger partial charge < -0.3 is 20.4 Å². The molecule has 5 rings (SSSR count). The van der Waals surface area contributed by atoms with Crippen LogP contribution in [0.3, 0.4) is 0 Å². The van der Waals surface area contributed by atoms with Crippen LogP contribution in [0.1, 0.15) is 28.0 Å². The lowest BCUT2D eigenvalue weighted by atomic mass is 10.00. The number of carbonyl (C=O) groups excluding carboxylic acids is 2. The Bertz CT molecular complexity index is 1120. The summed E-state index contributed by atoms with van der Waals surface area (Å²) in [5.41, 5.74) is 4.79. The predicted molar refractivity (Wildman–Crippen MR) is 104 cm³/mol. The predicted octanol–water partition coefficient (Wildman–Crippen LogP) is 2.41. The van der Waals surface area contributed by atoms with Crippen molar-refractivity contribution in [2.75, 3.05) is 18.5 Å². The Kier molecular flexibility index (Phi) is 3.75. The highest BCUT2D eigenvalue weighted by atomic mass is 16.5. The lowest BCUT2D eigenvalue weighted by Crippen LogP contribution is -2.25. The van der Waals surface area contributed by atoms with E-state index in [4.69, 9.17) is 4.74 Å². The van der Waals surface area contributed by atoms with E-state index in [1.54, 1.807) is 24.5 Å². The molecule has 0 aliphatic carbocycles. The van der Waals surface area contributed by atoms with Gasteiger partial charge in [-0.2, -0.15) is 5.10 Å².